The third-order valence-electron chi connectivity index (χ3n) is 6.05. The Hall–Kier alpha value is -1.81. The van der Waals surface area contributed by atoms with Crippen molar-refractivity contribution in [2.24, 2.45) is 17.8 Å². The van der Waals surface area contributed by atoms with Gasteiger partial charge in [0, 0.05) is 17.9 Å². The molecule has 4 nitrogen and oxygen atoms in total. The quantitative estimate of drug-likeness (QED) is 0.805. The molecule has 4 aliphatic rings. The molecular formula is C18H17ClN2O2. The van der Waals surface area contributed by atoms with Crippen molar-refractivity contribution in [3.8, 4) is 0 Å². The maximum Gasteiger partial charge on any atom is 0.227 e. The monoisotopic (exact) mass is 328 g/mol. The molecule has 2 aliphatic carbocycles. The lowest BCUT2D eigenvalue weighted by Crippen LogP contribution is -2.68. The second-order valence-corrected chi connectivity index (χ2v) is 7.52. The van der Waals surface area contributed by atoms with Gasteiger partial charge in [0.05, 0.1) is 12.0 Å². The highest BCUT2D eigenvalue weighted by molar-refractivity contribution is 6.30. The molecule has 0 radical (unpaired) electrons. The van der Waals surface area contributed by atoms with E-state index in [1.54, 1.807) is 0 Å². The summed E-state index contributed by atoms with van der Waals surface area (Å²) in [6.45, 7) is 0. The Morgan fingerprint density at radius 1 is 1.13 bits per heavy atom. The molecule has 2 heterocycles. The van der Waals surface area contributed by atoms with E-state index in [2.05, 4.69) is 17.5 Å². The second-order valence-electron chi connectivity index (χ2n) is 7.08. The van der Waals surface area contributed by atoms with Gasteiger partial charge >= 0.3 is 0 Å². The topological polar surface area (TPSA) is 49.4 Å². The van der Waals surface area contributed by atoms with Gasteiger partial charge in [-0.15, -0.1) is 0 Å². The van der Waals surface area contributed by atoms with Gasteiger partial charge in [0.15, 0.2) is 0 Å². The van der Waals surface area contributed by atoms with Crippen LogP contribution in [0.1, 0.15) is 24.8 Å². The minimum atomic E-state index is -0.696. The van der Waals surface area contributed by atoms with Crippen LogP contribution >= 0.6 is 11.6 Å². The van der Waals surface area contributed by atoms with E-state index < -0.39 is 5.66 Å². The molecule has 1 N–H and O–H groups in total. The molecule has 0 unspecified atom stereocenters. The third-order valence-corrected chi connectivity index (χ3v) is 6.30. The van der Waals surface area contributed by atoms with Crippen LogP contribution in [0.5, 0.6) is 0 Å². The molecule has 5 heteroatoms. The molecule has 3 fully saturated rings. The van der Waals surface area contributed by atoms with Gasteiger partial charge in [-0.1, -0.05) is 35.9 Å². The number of hydrogen-bond acceptors (Lipinski definition) is 2. The van der Waals surface area contributed by atoms with E-state index in [0.29, 0.717) is 23.8 Å². The van der Waals surface area contributed by atoms with E-state index >= 15 is 0 Å². The van der Waals surface area contributed by atoms with Crippen LogP contribution in [0.25, 0.3) is 0 Å². The Balaban J connectivity index is 1.66. The summed E-state index contributed by atoms with van der Waals surface area (Å²) in [6.07, 6.45) is 6.45. The molecule has 1 saturated carbocycles. The number of allylic oxidation sites excluding steroid dienone is 1. The highest BCUT2D eigenvalue weighted by atomic mass is 35.5. The first-order chi connectivity index (χ1) is 11.1. The lowest BCUT2D eigenvalue weighted by Gasteiger charge is -2.51. The number of halogens is 1. The van der Waals surface area contributed by atoms with Crippen LogP contribution in [0.3, 0.4) is 0 Å². The molecule has 2 bridgehead atoms. The number of rotatable bonds is 1. The maximum absolute atomic E-state index is 12.9. The summed E-state index contributed by atoms with van der Waals surface area (Å²) in [5, 5.41) is 3.86. The average molecular weight is 329 g/mol. The van der Waals surface area contributed by atoms with E-state index in [1.165, 1.54) is 0 Å². The summed E-state index contributed by atoms with van der Waals surface area (Å²) < 4.78 is 0. The zero-order valence-corrected chi connectivity index (χ0v) is 13.3. The van der Waals surface area contributed by atoms with Crippen LogP contribution in [0.4, 0.5) is 0 Å². The van der Waals surface area contributed by atoms with Gasteiger partial charge in [-0.2, -0.15) is 0 Å². The highest BCUT2D eigenvalue weighted by Gasteiger charge is 2.63. The molecule has 5 rings (SSSR count). The van der Waals surface area contributed by atoms with Crippen molar-refractivity contribution in [2.45, 2.75) is 31.0 Å². The fraction of sp³-hybridized carbons (Fsp3) is 0.444. The van der Waals surface area contributed by atoms with Gasteiger partial charge in [0.2, 0.25) is 11.8 Å². The Kier molecular flexibility index (Phi) is 2.59. The predicted octanol–water partition coefficient (Wildman–Crippen LogP) is 2.44. The minimum absolute atomic E-state index is 0.00410. The molecule has 0 spiro atoms. The van der Waals surface area contributed by atoms with Crippen molar-refractivity contribution in [2.75, 3.05) is 0 Å². The van der Waals surface area contributed by atoms with Gasteiger partial charge in [-0.3, -0.25) is 9.59 Å². The van der Waals surface area contributed by atoms with Gasteiger partial charge in [-0.25, -0.2) is 0 Å². The summed E-state index contributed by atoms with van der Waals surface area (Å²) in [6, 6.07) is 7.51. The van der Waals surface area contributed by atoms with E-state index in [0.717, 1.165) is 12.0 Å². The highest BCUT2D eigenvalue weighted by Crippen LogP contribution is 2.54. The van der Waals surface area contributed by atoms with E-state index in [9.17, 15) is 9.59 Å². The third kappa shape index (κ3) is 1.62. The number of hydrogen-bond donors (Lipinski definition) is 1. The number of amides is 2. The fourth-order valence-corrected chi connectivity index (χ4v) is 5.28. The van der Waals surface area contributed by atoms with Crippen molar-refractivity contribution in [1.29, 1.82) is 0 Å². The molecule has 1 aromatic rings. The smallest absolute Gasteiger partial charge is 0.227 e. The summed E-state index contributed by atoms with van der Waals surface area (Å²) in [7, 11) is 0. The lowest BCUT2D eigenvalue weighted by atomic mass is 9.81. The number of nitrogens with zero attached hydrogens (tertiary/aromatic N) is 1. The summed E-state index contributed by atoms with van der Waals surface area (Å²) >= 11 is 6.01. The van der Waals surface area contributed by atoms with Gasteiger partial charge in [-0.05, 0) is 36.0 Å². The number of benzene rings is 1. The van der Waals surface area contributed by atoms with Crippen molar-refractivity contribution in [1.82, 2.24) is 10.2 Å². The lowest BCUT2D eigenvalue weighted by molar-refractivity contribution is -0.153. The maximum atomic E-state index is 12.9. The van der Waals surface area contributed by atoms with Gasteiger partial charge < -0.3 is 10.2 Å². The standard InChI is InChI=1S/C18H17ClN2O2/c19-13-5-3-12(4-6-13)18-8-7-14(22)21(18)16-11-2-1-10(9-11)15(16)17(23)20-18/h1-6,10-11,15-16H,7-9H2,(H,20,23)/t10-,11+,15+,16-,18+/m0/s1. The molecule has 0 aromatic heterocycles. The van der Waals surface area contributed by atoms with Crippen LogP contribution in [-0.2, 0) is 15.3 Å². The zero-order valence-electron chi connectivity index (χ0n) is 12.5. The van der Waals surface area contributed by atoms with Crippen LogP contribution in [-0.4, -0.2) is 22.8 Å². The summed E-state index contributed by atoms with van der Waals surface area (Å²) in [5.41, 5.74) is 0.254. The molecule has 23 heavy (non-hydrogen) atoms. The second kappa shape index (κ2) is 4.38. The predicted molar refractivity (Wildman–Crippen MR) is 85.4 cm³/mol. The van der Waals surface area contributed by atoms with Gasteiger partial charge in [0.25, 0.3) is 0 Å². The zero-order chi connectivity index (χ0) is 15.8. The minimum Gasteiger partial charge on any atom is -0.329 e. The number of carbonyl (C=O) groups is 2. The number of fused-ring (bicyclic) bond motifs is 7. The summed E-state index contributed by atoms with van der Waals surface area (Å²) in [5.74, 6) is 0.738. The first kappa shape index (κ1) is 13.6. The van der Waals surface area contributed by atoms with Crippen LogP contribution in [0.2, 0.25) is 5.02 Å². The van der Waals surface area contributed by atoms with Crippen molar-refractivity contribution < 1.29 is 9.59 Å². The Morgan fingerprint density at radius 2 is 1.87 bits per heavy atom. The van der Waals surface area contributed by atoms with E-state index in [1.807, 2.05) is 29.2 Å². The largest absolute Gasteiger partial charge is 0.329 e. The molecule has 2 saturated heterocycles. The van der Waals surface area contributed by atoms with Crippen molar-refractivity contribution in [3.63, 3.8) is 0 Å². The van der Waals surface area contributed by atoms with Crippen LogP contribution in [0, 0.1) is 17.8 Å². The SMILES string of the molecule is O=C1N[C@]2(c3ccc(Cl)cc3)CCC(=O)N2[C@@H]2[C@H]1[C@H]1C=C[C@@H]2C1. The number of carbonyl (C=O) groups excluding carboxylic acids is 2. The fourth-order valence-electron chi connectivity index (χ4n) is 5.15. The first-order valence-electron chi connectivity index (χ1n) is 8.19. The number of nitrogens with one attached hydrogen (secondary N) is 1. The van der Waals surface area contributed by atoms with E-state index in [-0.39, 0.29) is 29.7 Å². The van der Waals surface area contributed by atoms with E-state index in [4.69, 9.17) is 11.6 Å². The Morgan fingerprint density at radius 3 is 2.65 bits per heavy atom. The molecular weight excluding hydrogens is 312 g/mol. The Labute approximate surface area is 139 Å². The molecule has 1 aromatic carbocycles. The average Bonchev–Trinajstić information content (AvgIpc) is 3.22. The van der Waals surface area contributed by atoms with Gasteiger partial charge in [0.1, 0.15) is 5.66 Å². The van der Waals surface area contributed by atoms with Crippen molar-refractivity contribution >= 4 is 23.4 Å². The normalized spacial score (nSPS) is 40.3. The van der Waals surface area contributed by atoms with Crippen molar-refractivity contribution in [3.05, 3.63) is 47.0 Å². The molecule has 2 amide bonds. The first-order valence-corrected chi connectivity index (χ1v) is 8.56. The molecule has 2 aliphatic heterocycles. The van der Waals surface area contributed by atoms with Crippen LogP contribution < -0.4 is 5.32 Å². The molecule has 118 valence electrons. The van der Waals surface area contributed by atoms with Crippen LogP contribution in [0.15, 0.2) is 36.4 Å². The molecule has 5 atom stereocenters. The summed E-state index contributed by atoms with van der Waals surface area (Å²) in [4.78, 5) is 27.5. The Bertz CT molecular complexity index is 744.